The molecule has 0 bridgehead atoms. The van der Waals surface area contributed by atoms with E-state index in [2.05, 4.69) is 25.8 Å². The van der Waals surface area contributed by atoms with Crippen LogP contribution in [0.4, 0.5) is 5.82 Å². The third-order valence-corrected chi connectivity index (χ3v) is 3.88. The first-order chi connectivity index (χ1) is 8.21. The summed E-state index contributed by atoms with van der Waals surface area (Å²) in [4.78, 5) is 4.35. The zero-order chi connectivity index (χ0) is 13.7. The number of rotatable bonds is 0. The van der Waals surface area contributed by atoms with E-state index in [0.29, 0.717) is 26.4 Å². The molecule has 2 nitrogen and oxygen atoms in total. The first-order valence-electron chi connectivity index (χ1n) is 5.46. The first kappa shape index (κ1) is 13.7. The molecule has 1 heterocycles. The van der Waals surface area contributed by atoms with Crippen molar-refractivity contribution in [1.29, 1.82) is 0 Å². The molecule has 0 amide bonds. The SMILES string of the molecule is CC(C)(C)c1cc2c(Cl)c(Cl)cc(Cl)c2nc1N. The van der Waals surface area contributed by atoms with Gasteiger partial charge in [0.15, 0.2) is 0 Å². The molecule has 0 aliphatic heterocycles. The molecule has 2 rings (SSSR count). The van der Waals surface area contributed by atoms with Crippen LogP contribution in [0, 0.1) is 0 Å². The van der Waals surface area contributed by atoms with E-state index in [1.807, 2.05) is 6.07 Å². The number of hydrogen-bond donors (Lipinski definition) is 1. The van der Waals surface area contributed by atoms with Crippen LogP contribution in [0.1, 0.15) is 26.3 Å². The lowest BCUT2D eigenvalue weighted by atomic mass is 9.86. The molecule has 18 heavy (non-hydrogen) atoms. The predicted molar refractivity (Wildman–Crippen MR) is 79.9 cm³/mol. The highest BCUT2D eigenvalue weighted by atomic mass is 35.5. The van der Waals surface area contributed by atoms with Crippen molar-refractivity contribution >= 4 is 51.5 Å². The Morgan fingerprint density at radius 2 is 1.67 bits per heavy atom. The van der Waals surface area contributed by atoms with Gasteiger partial charge in [-0.15, -0.1) is 0 Å². The third kappa shape index (κ3) is 2.25. The Balaban J connectivity index is 2.90. The maximum absolute atomic E-state index is 6.20. The van der Waals surface area contributed by atoms with Gasteiger partial charge in [-0.2, -0.15) is 0 Å². The Morgan fingerprint density at radius 1 is 1.06 bits per heavy atom. The lowest BCUT2D eigenvalue weighted by Crippen LogP contribution is -2.15. The maximum Gasteiger partial charge on any atom is 0.127 e. The molecule has 0 spiro atoms. The second kappa shape index (κ2) is 4.44. The van der Waals surface area contributed by atoms with Gasteiger partial charge in [-0.05, 0) is 17.5 Å². The minimum absolute atomic E-state index is 0.122. The van der Waals surface area contributed by atoms with E-state index in [0.717, 1.165) is 10.9 Å². The molecule has 0 unspecified atom stereocenters. The molecule has 0 aliphatic rings. The van der Waals surface area contributed by atoms with Crippen molar-refractivity contribution in [2.45, 2.75) is 26.2 Å². The molecular formula is C13H13Cl3N2. The molecule has 0 atom stereocenters. The van der Waals surface area contributed by atoms with Crippen molar-refractivity contribution < 1.29 is 0 Å². The molecule has 0 saturated heterocycles. The molecule has 1 aromatic carbocycles. The highest BCUT2D eigenvalue weighted by Crippen LogP contribution is 2.38. The van der Waals surface area contributed by atoms with Gasteiger partial charge in [0.25, 0.3) is 0 Å². The number of anilines is 1. The van der Waals surface area contributed by atoms with Crippen molar-refractivity contribution in [3.63, 3.8) is 0 Å². The van der Waals surface area contributed by atoms with Crippen molar-refractivity contribution in [2.24, 2.45) is 0 Å². The summed E-state index contributed by atoms with van der Waals surface area (Å²) < 4.78 is 0. The second-order valence-electron chi connectivity index (χ2n) is 5.22. The number of halogens is 3. The molecule has 0 aliphatic carbocycles. The predicted octanol–water partition coefficient (Wildman–Crippen LogP) is 5.07. The van der Waals surface area contributed by atoms with Crippen molar-refractivity contribution in [3.05, 3.63) is 32.8 Å². The number of nitrogens with two attached hydrogens (primary N) is 1. The summed E-state index contributed by atoms with van der Waals surface area (Å²) in [5.74, 6) is 0.468. The Kier molecular flexibility index (Phi) is 3.39. The van der Waals surface area contributed by atoms with Crippen LogP contribution in [-0.2, 0) is 5.41 Å². The monoisotopic (exact) mass is 302 g/mol. The number of benzene rings is 1. The molecule has 0 fully saturated rings. The standard InChI is InChI=1S/C13H13Cl3N2/c1-13(2,3)7-4-6-10(16)8(14)5-9(15)11(6)18-12(7)17/h4-5H,1-3H3,(H2,17,18). The fraction of sp³-hybridized carbons (Fsp3) is 0.308. The number of pyridine rings is 1. The van der Waals surface area contributed by atoms with Crippen LogP contribution in [0.2, 0.25) is 15.1 Å². The smallest absolute Gasteiger partial charge is 0.127 e. The Hall–Kier alpha value is -0.700. The minimum atomic E-state index is -0.122. The zero-order valence-electron chi connectivity index (χ0n) is 10.3. The van der Waals surface area contributed by atoms with Gasteiger partial charge in [-0.1, -0.05) is 55.6 Å². The van der Waals surface area contributed by atoms with Crippen LogP contribution in [0.15, 0.2) is 12.1 Å². The third-order valence-electron chi connectivity index (χ3n) is 2.79. The summed E-state index contributed by atoms with van der Waals surface area (Å²) in [6.45, 7) is 6.19. The minimum Gasteiger partial charge on any atom is -0.383 e. The van der Waals surface area contributed by atoms with E-state index < -0.39 is 0 Å². The average molecular weight is 304 g/mol. The van der Waals surface area contributed by atoms with Gasteiger partial charge in [-0.25, -0.2) is 4.98 Å². The van der Waals surface area contributed by atoms with Gasteiger partial charge in [0.05, 0.1) is 20.6 Å². The van der Waals surface area contributed by atoms with Gasteiger partial charge < -0.3 is 5.73 Å². The molecule has 2 N–H and O–H groups in total. The summed E-state index contributed by atoms with van der Waals surface area (Å²) in [6.07, 6.45) is 0. The van der Waals surface area contributed by atoms with Crippen LogP contribution >= 0.6 is 34.8 Å². The Labute approximate surface area is 121 Å². The number of fused-ring (bicyclic) bond motifs is 1. The van der Waals surface area contributed by atoms with Gasteiger partial charge in [0.2, 0.25) is 0 Å². The number of nitrogens with zero attached hydrogens (tertiary/aromatic N) is 1. The van der Waals surface area contributed by atoms with E-state index in [-0.39, 0.29) is 5.41 Å². The zero-order valence-corrected chi connectivity index (χ0v) is 12.6. The fourth-order valence-corrected chi connectivity index (χ4v) is 2.57. The maximum atomic E-state index is 6.20. The summed E-state index contributed by atoms with van der Waals surface area (Å²) >= 11 is 18.3. The van der Waals surface area contributed by atoms with Gasteiger partial charge >= 0.3 is 0 Å². The molecule has 0 radical (unpaired) electrons. The van der Waals surface area contributed by atoms with E-state index >= 15 is 0 Å². The molecule has 0 saturated carbocycles. The summed E-state index contributed by atoms with van der Waals surface area (Å²) in [6, 6.07) is 3.49. The first-order valence-corrected chi connectivity index (χ1v) is 6.59. The van der Waals surface area contributed by atoms with Crippen molar-refractivity contribution in [2.75, 3.05) is 5.73 Å². The highest BCUT2D eigenvalue weighted by molar-refractivity contribution is 6.47. The fourth-order valence-electron chi connectivity index (χ4n) is 1.85. The second-order valence-corrected chi connectivity index (χ2v) is 6.41. The van der Waals surface area contributed by atoms with E-state index in [9.17, 15) is 0 Å². The van der Waals surface area contributed by atoms with Crippen LogP contribution in [0.25, 0.3) is 10.9 Å². The van der Waals surface area contributed by atoms with Crippen molar-refractivity contribution in [1.82, 2.24) is 4.98 Å². The molecular weight excluding hydrogens is 291 g/mol. The van der Waals surface area contributed by atoms with Crippen molar-refractivity contribution in [3.8, 4) is 0 Å². The van der Waals surface area contributed by atoms with Crippen LogP contribution < -0.4 is 5.73 Å². The molecule has 2 aromatic rings. The highest BCUT2D eigenvalue weighted by Gasteiger charge is 2.20. The average Bonchev–Trinajstić information content (AvgIpc) is 2.24. The van der Waals surface area contributed by atoms with Crippen LogP contribution in [-0.4, -0.2) is 4.98 Å². The van der Waals surface area contributed by atoms with E-state index in [1.165, 1.54) is 0 Å². The Bertz CT molecular complexity index is 630. The van der Waals surface area contributed by atoms with E-state index in [4.69, 9.17) is 40.5 Å². The molecule has 96 valence electrons. The van der Waals surface area contributed by atoms with E-state index in [1.54, 1.807) is 6.07 Å². The lowest BCUT2D eigenvalue weighted by Gasteiger charge is -2.21. The number of hydrogen-bond acceptors (Lipinski definition) is 2. The number of aromatic nitrogens is 1. The van der Waals surface area contributed by atoms with Gasteiger partial charge in [0.1, 0.15) is 5.82 Å². The summed E-state index contributed by atoms with van der Waals surface area (Å²) in [7, 11) is 0. The quantitative estimate of drug-likeness (QED) is 0.690. The largest absolute Gasteiger partial charge is 0.383 e. The van der Waals surface area contributed by atoms with Gasteiger partial charge in [0, 0.05) is 10.9 Å². The molecule has 1 aromatic heterocycles. The summed E-state index contributed by atoms with van der Waals surface area (Å²) in [5, 5.41) is 2.05. The van der Waals surface area contributed by atoms with Crippen LogP contribution in [0.3, 0.4) is 0 Å². The topological polar surface area (TPSA) is 38.9 Å². The molecule has 5 heteroatoms. The van der Waals surface area contributed by atoms with Crippen LogP contribution in [0.5, 0.6) is 0 Å². The van der Waals surface area contributed by atoms with Gasteiger partial charge in [-0.3, -0.25) is 0 Å². The Morgan fingerprint density at radius 3 is 2.22 bits per heavy atom. The number of nitrogen functional groups attached to an aromatic ring is 1. The lowest BCUT2D eigenvalue weighted by molar-refractivity contribution is 0.591. The summed E-state index contributed by atoms with van der Waals surface area (Å²) in [5.41, 5.74) is 7.37. The normalized spacial score (nSPS) is 12.1.